The lowest BCUT2D eigenvalue weighted by Crippen LogP contribution is -2.14. The molecule has 1 aromatic heterocycles. The van der Waals surface area contributed by atoms with Crippen molar-refractivity contribution in [1.29, 1.82) is 0 Å². The van der Waals surface area contributed by atoms with E-state index in [0.29, 0.717) is 12.4 Å². The first-order valence-corrected chi connectivity index (χ1v) is 8.42. The second-order valence-electron chi connectivity index (χ2n) is 4.38. The van der Waals surface area contributed by atoms with Crippen molar-refractivity contribution in [3.8, 4) is 5.75 Å². The van der Waals surface area contributed by atoms with Gasteiger partial charge in [0.05, 0.1) is 24.3 Å². The van der Waals surface area contributed by atoms with E-state index in [4.69, 9.17) is 9.47 Å². The van der Waals surface area contributed by atoms with Crippen LogP contribution >= 0.6 is 0 Å². The highest BCUT2D eigenvalue weighted by Crippen LogP contribution is 2.19. The fourth-order valence-corrected chi connectivity index (χ4v) is 2.77. The zero-order valence-electron chi connectivity index (χ0n) is 12.7. The number of nitrogens with zero attached hydrogens (tertiary/aromatic N) is 1. The first-order chi connectivity index (χ1) is 11.0. The highest BCUT2D eigenvalue weighted by Gasteiger charge is 2.18. The Morgan fingerprint density at radius 3 is 2.78 bits per heavy atom. The number of hydrogen-bond acceptors (Lipinski definition) is 6. The van der Waals surface area contributed by atoms with Crippen molar-refractivity contribution in [1.82, 2.24) is 9.97 Å². The van der Waals surface area contributed by atoms with Crippen molar-refractivity contribution >= 4 is 21.9 Å². The Morgan fingerprint density at radius 1 is 1.30 bits per heavy atom. The number of benzene rings is 1. The number of anilines is 1. The molecule has 0 fully saturated rings. The van der Waals surface area contributed by atoms with E-state index in [1.165, 1.54) is 18.3 Å². The Balaban J connectivity index is 2.18. The van der Waals surface area contributed by atoms with E-state index in [1.54, 1.807) is 26.0 Å². The van der Waals surface area contributed by atoms with Gasteiger partial charge in [0.25, 0.3) is 10.0 Å². The van der Waals surface area contributed by atoms with E-state index in [9.17, 15) is 13.2 Å². The lowest BCUT2D eigenvalue weighted by Gasteiger charge is -2.08. The van der Waals surface area contributed by atoms with E-state index >= 15 is 0 Å². The van der Waals surface area contributed by atoms with Crippen LogP contribution in [-0.2, 0) is 14.8 Å². The first kappa shape index (κ1) is 16.8. The van der Waals surface area contributed by atoms with Crippen LogP contribution < -0.4 is 9.46 Å². The number of esters is 1. The molecule has 0 saturated heterocycles. The van der Waals surface area contributed by atoms with Gasteiger partial charge in [-0.15, -0.1) is 0 Å². The van der Waals surface area contributed by atoms with Gasteiger partial charge in [-0.05, 0) is 26.0 Å². The van der Waals surface area contributed by atoms with Gasteiger partial charge in [0, 0.05) is 6.07 Å². The Bertz CT molecular complexity index is 785. The van der Waals surface area contributed by atoms with Gasteiger partial charge in [0.15, 0.2) is 0 Å². The van der Waals surface area contributed by atoms with Crippen LogP contribution in [0.15, 0.2) is 35.4 Å². The van der Waals surface area contributed by atoms with Gasteiger partial charge in [0.1, 0.15) is 11.4 Å². The summed E-state index contributed by atoms with van der Waals surface area (Å²) in [6.07, 6.45) is 1.20. The van der Waals surface area contributed by atoms with E-state index in [-0.39, 0.29) is 23.1 Å². The monoisotopic (exact) mass is 339 g/mol. The molecule has 0 radical (unpaired) electrons. The number of H-pyrrole nitrogens is 1. The average molecular weight is 339 g/mol. The second kappa shape index (κ2) is 7.14. The summed E-state index contributed by atoms with van der Waals surface area (Å²) in [6.45, 7) is 4.11. The normalized spacial score (nSPS) is 11.0. The maximum atomic E-state index is 12.3. The zero-order chi connectivity index (χ0) is 16.9. The predicted octanol–water partition coefficient (Wildman–Crippen LogP) is 1.79. The van der Waals surface area contributed by atoms with E-state index < -0.39 is 16.0 Å². The number of aromatic amines is 1. The van der Waals surface area contributed by atoms with Crippen LogP contribution in [0.2, 0.25) is 0 Å². The van der Waals surface area contributed by atoms with Crippen molar-refractivity contribution in [3.05, 3.63) is 36.2 Å². The second-order valence-corrected chi connectivity index (χ2v) is 6.06. The fraction of sp³-hybridized carbons (Fsp3) is 0.286. The van der Waals surface area contributed by atoms with Crippen molar-refractivity contribution in [2.24, 2.45) is 0 Å². The van der Waals surface area contributed by atoms with Crippen molar-refractivity contribution in [2.45, 2.75) is 18.7 Å². The van der Waals surface area contributed by atoms with Crippen LogP contribution in [0.4, 0.5) is 5.95 Å². The van der Waals surface area contributed by atoms with Gasteiger partial charge in [-0.2, -0.15) is 0 Å². The number of hydrogen-bond donors (Lipinski definition) is 2. The predicted molar refractivity (Wildman–Crippen MR) is 83.0 cm³/mol. The molecule has 0 spiro atoms. The number of sulfonamides is 1. The van der Waals surface area contributed by atoms with Crippen LogP contribution in [0.5, 0.6) is 5.75 Å². The molecule has 2 aromatic rings. The van der Waals surface area contributed by atoms with Crippen molar-refractivity contribution < 1.29 is 22.7 Å². The standard InChI is InChI=1S/C14H17N3O5S/c1-3-21-10-6-5-7-11(8-10)23(19,20)17-14-15-9-12(16-14)13(18)22-4-2/h5-9H,3-4H2,1-2H3,(H2,15,16,17). The number of ether oxygens (including phenoxy) is 2. The van der Waals surface area contributed by atoms with Gasteiger partial charge in [-0.3, -0.25) is 0 Å². The molecule has 124 valence electrons. The van der Waals surface area contributed by atoms with Crippen LogP contribution in [-0.4, -0.2) is 37.6 Å². The summed E-state index contributed by atoms with van der Waals surface area (Å²) in [4.78, 5) is 17.9. The highest BCUT2D eigenvalue weighted by atomic mass is 32.2. The molecular formula is C14H17N3O5S. The zero-order valence-corrected chi connectivity index (χ0v) is 13.5. The molecule has 0 atom stereocenters. The molecule has 0 unspecified atom stereocenters. The number of imidazole rings is 1. The van der Waals surface area contributed by atoms with Gasteiger partial charge in [0.2, 0.25) is 5.95 Å². The first-order valence-electron chi connectivity index (χ1n) is 6.94. The quantitative estimate of drug-likeness (QED) is 0.744. The van der Waals surface area contributed by atoms with Crippen LogP contribution in [0, 0.1) is 0 Å². The number of carbonyl (C=O) groups excluding carboxylic acids is 1. The maximum absolute atomic E-state index is 12.3. The van der Waals surface area contributed by atoms with E-state index in [2.05, 4.69) is 14.7 Å². The molecular weight excluding hydrogens is 322 g/mol. The molecule has 0 bridgehead atoms. The lowest BCUT2D eigenvalue weighted by molar-refractivity contribution is 0.0520. The third-order valence-electron chi connectivity index (χ3n) is 2.73. The van der Waals surface area contributed by atoms with E-state index in [1.807, 2.05) is 0 Å². The largest absolute Gasteiger partial charge is 0.494 e. The molecule has 0 aliphatic heterocycles. The molecule has 0 aliphatic rings. The molecule has 23 heavy (non-hydrogen) atoms. The molecule has 0 saturated carbocycles. The summed E-state index contributed by atoms with van der Waals surface area (Å²) < 4.78 is 37.0. The number of rotatable bonds is 7. The Labute approximate surface area is 133 Å². The van der Waals surface area contributed by atoms with Gasteiger partial charge in [-0.1, -0.05) is 6.07 Å². The number of aromatic nitrogens is 2. The molecule has 9 heteroatoms. The molecule has 2 N–H and O–H groups in total. The van der Waals surface area contributed by atoms with Crippen molar-refractivity contribution in [2.75, 3.05) is 17.9 Å². The third kappa shape index (κ3) is 4.22. The smallest absolute Gasteiger partial charge is 0.356 e. The summed E-state index contributed by atoms with van der Waals surface area (Å²) in [7, 11) is -3.85. The average Bonchev–Trinajstić information content (AvgIpc) is 2.96. The lowest BCUT2D eigenvalue weighted by atomic mass is 10.3. The number of carbonyl (C=O) groups is 1. The highest BCUT2D eigenvalue weighted by molar-refractivity contribution is 7.92. The summed E-state index contributed by atoms with van der Waals surface area (Å²) >= 11 is 0. The Hall–Kier alpha value is -2.55. The van der Waals surface area contributed by atoms with Crippen molar-refractivity contribution in [3.63, 3.8) is 0 Å². The molecule has 8 nitrogen and oxygen atoms in total. The SMILES string of the molecule is CCOC(=O)c1cnc(NS(=O)(=O)c2cccc(OCC)c2)[nH]1. The van der Waals surface area contributed by atoms with Crippen LogP contribution in [0.3, 0.4) is 0 Å². The molecule has 1 heterocycles. The minimum absolute atomic E-state index is 0.0255. The summed E-state index contributed by atoms with van der Waals surface area (Å²) in [5.41, 5.74) is 0.0626. The maximum Gasteiger partial charge on any atom is 0.356 e. The molecule has 2 rings (SSSR count). The van der Waals surface area contributed by atoms with Crippen LogP contribution in [0.1, 0.15) is 24.3 Å². The third-order valence-corrected chi connectivity index (χ3v) is 4.07. The summed E-state index contributed by atoms with van der Waals surface area (Å²) in [5.74, 6) is -0.235. The molecule has 0 aliphatic carbocycles. The van der Waals surface area contributed by atoms with Gasteiger partial charge < -0.3 is 14.5 Å². The van der Waals surface area contributed by atoms with Crippen LogP contribution in [0.25, 0.3) is 0 Å². The van der Waals surface area contributed by atoms with Gasteiger partial charge >= 0.3 is 5.97 Å². The topological polar surface area (TPSA) is 110 Å². The summed E-state index contributed by atoms with van der Waals surface area (Å²) in [6, 6.07) is 6.07. The molecule has 0 amide bonds. The molecule has 1 aromatic carbocycles. The minimum Gasteiger partial charge on any atom is -0.494 e. The number of nitrogens with one attached hydrogen (secondary N) is 2. The fourth-order valence-electron chi connectivity index (χ4n) is 1.77. The Morgan fingerprint density at radius 2 is 2.09 bits per heavy atom. The van der Waals surface area contributed by atoms with Gasteiger partial charge in [-0.25, -0.2) is 22.9 Å². The van der Waals surface area contributed by atoms with E-state index in [0.717, 1.165) is 0 Å². The minimum atomic E-state index is -3.85. The summed E-state index contributed by atoms with van der Waals surface area (Å²) in [5, 5.41) is 0. The Kier molecular flexibility index (Phi) is 5.22.